The fourth-order valence-electron chi connectivity index (χ4n) is 2.44. The minimum Gasteiger partial charge on any atom is -0.353 e. The maximum atomic E-state index is 12.0. The van der Waals surface area contributed by atoms with E-state index in [0.29, 0.717) is 11.7 Å². The summed E-state index contributed by atoms with van der Waals surface area (Å²) in [5.41, 5.74) is 5.64. The van der Waals surface area contributed by atoms with Gasteiger partial charge >= 0.3 is 0 Å². The van der Waals surface area contributed by atoms with E-state index in [4.69, 9.17) is 5.73 Å². The Hall–Kier alpha value is -0.420. The molecule has 2 unspecified atom stereocenters. The lowest BCUT2D eigenvalue weighted by atomic mass is 9.81. The van der Waals surface area contributed by atoms with Crippen molar-refractivity contribution >= 4 is 16.7 Å². The molecule has 1 rings (SSSR count). The van der Waals surface area contributed by atoms with Crippen LogP contribution in [0.25, 0.3) is 0 Å². The van der Waals surface area contributed by atoms with Gasteiger partial charge in [0, 0.05) is 34.8 Å². The van der Waals surface area contributed by atoms with Gasteiger partial charge < -0.3 is 11.1 Å². The molecular weight excluding hydrogens is 248 g/mol. The summed E-state index contributed by atoms with van der Waals surface area (Å²) in [6.45, 7) is 2.73. The third-order valence-electron chi connectivity index (χ3n) is 3.78. The molecule has 0 saturated heterocycles. The topological polar surface area (TPSA) is 72.2 Å². The average molecular weight is 274 g/mol. The summed E-state index contributed by atoms with van der Waals surface area (Å²) in [7, 11) is -0.777. The van der Waals surface area contributed by atoms with Crippen molar-refractivity contribution in [2.75, 3.05) is 18.6 Å². The monoisotopic (exact) mass is 274 g/mol. The molecule has 0 aliphatic heterocycles. The highest BCUT2D eigenvalue weighted by molar-refractivity contribution is 7.84. The maximum absolute atomic E-state index is 12.0. The van der Waals surface area contributed by atoms with Crippen LogP contribution in [0.5, 0.6) is 0 Å². The predicted octanol–water partition coefficient (Wildman–Crippen LogP) is 1.02. The SMILES string of the molecule is CC(CCS(C)=O)NC(=O)C1CCC(CN)CC1. The van der Waals surface area contributed by atoms with Crippen LogP contribution in [0, 0.1) is 11.8 Å². The molecule has 1 fully saturated rings. The number of nitrogens with two attached hydrogens (primary N) is 1. The number of hydrogen-bond donors (Lipinski definition) is 2. The van der Waals surface area contributed by atoms with E-state index in [0.717, 1.165) is 38.6 Å². The van der Waals surface area contributed by atoms with E-state index in [9.17, 15) is 9.00 Å². The molecule has 106 valence electrons. The quantitative estimate of drug-likeness (QED) is 0.760. The van der Waals surface area contributed by atoms with Gasteiger partial charge in [0.1, 0.15) is 0 Å². The number of amides is 1. The fraction of sp³-hybridized carbons (Fsp3) is 0.923. The van der Waals surface area contributed by atoms with Gasteiger partial charge in [-0.25, -0.2) is 0 Å². The molecule has 0 aromatic rings. The minimum atomic E-state index is -0.777. The van der Waals surface area contributed by atoms with E-state index in [1.807, 2.05) is 6.92 Å². The molecule has 0 bridgehead atoms. The van der Waals surface area contributed by atoms with E-state index >= 15 is 0 Å². The van der Waals surface area contributed by atoms with Gasteiger partial charge in [-0.05, 0) is 51.5 Å². The lowest BCUT2D eigenvalue weighted by molar-refractivity contribution is -0.126. The zero-order chi connectivity index (χ0) is 13.5. The van der Waals surface area contributed by atoms with Gasteiger partial charge in [0.2, 0.25) is 5.91 Å². The summed E-state index contributed by atoms with van der Waals surface area (Å²) in [4.78, 5) is 12.0. The molecule has 0 spiro atoms. The summed E-state index contributed by atoms with van der Waals surface area (Å²) in [6, 6.07) is 0.119. The fourth-order valence-corrected chi connectivity index (χ4v) is 3.12. The standard InChI is InChI=1S/C13H26N2O2S/c1-10(7-8-18(2)17)15-13(16)12-5-3-11(9-14)4-6-12/h10-12H,3-9,14H2,1-2H3,(H,15,16). The molecule has 0 aromatic carbocycles. The number of carbonyl (C=O) groups is 1. The summed E-state index contributed by atoms with van der Waals surface area (Å²) < 4.78 is 11.0. The zero-order valence-corrected chi connectivity index (χ0v) is 12.3. The van der Waals surface area contributed by atoms with Gasteiger partial charge in [0.05, 0.1) is 0 Å². The van der Waals surface area contributed by atoms with E-state index in [1.54, 1.807) is 6.26 Å². The Labute approximate surface area is 113 Å². The average Bonchev–Trinajstić information content (AvgIpc) is 2.36. The van der Waals surface area contributed by atoms with Gasteiger partial charge in [-0.2, -0.15) is 0 Å². The molecule has 18 heavy (non-hydrogen) atoms. The Morgan fingerprint density at radius 3 is 2.50 bits per heavy atom. The molecule has 5 heteroatoms. The highest BCUT2D eigenvalue weighted by atomic mass is 32.2. The summed E-state index contributed by atoms with van der Waals surface area (Å²) in [5.74, 6) is 1.58. The number of carbonyl (C=O) groups excluding carboxylic acids is 1. The molecule has 2 atom stereocenters. The zero-order valence-electron chi connectivity index (χ0n) is 11.5. The Bertz CT molecular complexity index is 289. The van der Waals surface area contributed by atoms with E-state index < -0.39 is 10.8 Å². The molecule has 0 heterocycles. The third kappa shape index (κ3) is 5.48. The minimum absolute atomic E-state index is 0.119. The number of hydrogen-bond acceptors (Lipinski definition) is 3. The lowest BCUT2D eigenvalue weighted by Crippen LogP contribution is -2.39. The van der Waals surface area contributed by atoms with Crippen LogP contribution in [0.4, 0.5) is 0 Å². The largest absolute Gasteiger partial charge is 0.353 e. The molecule has 0 radical (unpaired) electrons. The smallest absolute Gasteiger partial charge is 0.223 e. The first-order chi connectivity index (χ1) is 8.52. The molecular formula is C13H26N2O2S. The van der Waals surface area contributed by atoms with Crippen LogP contribution < -0.4 is 11.1 Å². The van der Waals surface area contributed by atoms with Crippen LogP contribution in [0.2, 0.25) is 0 Å². The van der Waals surface area contributed by atoms with Crippen molar-refractivity contribution in [3.63, 3.8) is 0 Å². The molecule has 1 saturated carbocycles. The molecule has 1 aliphatic rings. The molecule has 1 aliphatic carbocycles. The Morgan fingerprint density at radius 2 is 2.00 bits per heavy atom. The first-order valence-corrected chi connectivity index (χ1v) is 8.56. The van der Waals surface area contributed by atoms with Gasteiger partial charge in [-0.1, -0.05) is 0 Å². The second kappa shape index (κ2) is 7.89. The summed E-state index contributed by atoms with van der Waals surface area (Å²) >= 11 is 0. The Balaban J connectivity index is 2.26. The van der Waals surface area contributed by atoms with Crippen LogP contribution in [0.3, 0.4) is 0 Å². The number of nitrogens with one attached hydrogen (secondary N) is 1. The van der Waals surface area contributed by atoms with Gasteiger partial charge in [-0.3, -0.25) is 9.00 Å². The van der Waals surface area contributed by atoms with Gasteiger partial charge in [-0.15, -0.1) is 0 Å². The van der Waals surface area contributed by atoms with Crippen molar-refractivity contribution in [3.05, 3.63) is 0 Å². The van der Waals surface area contributed by atoms with Crippen LogP contribution >= 0.6 is 0 Å². The second-order valence-corrected chi connectivity index (χ2v) is 6.98. The molecule has 4 nitrogen and oxygen atoms in total. The van der Waals surface area contributed by atoms with Crippen molar-refractivity contribution in [2.24, 2.45) is 17.6 Å². The highest BCUT2D eigenvalue weighted by Crippen LogP contribution is 2.28. The van der Waals surface area contributed by atoms with Crippen molar-refractivity contribution in [1.29, 1.82) is 0 Å². The van der Waals surface area contributed by atoms with Crippen LogP contribution in [-0.4, -0.2) is 34.7 Å². The van der Waals surface area contributed by atoms with Crippen LogP contribution in [0.1, 0.15) is 39.0 Å². The van der Waals surface area contributed by atoms with E-state index in [1.165, 1.54) is 0 Å². The summed E-state index contributed by atoms with van der Waals surface area (Å²) in [5, 5.41) is 3.03. The number of rotatable bonds is 6. The van der Waals surface area contributed by atoms with Crippen LogP contribution in [0.15, 0.2) is 0 Å². The highest BCUT2D eigenvalue weighted by Gasteiger charge is 2.26. The third-order valence-corrected chi connectivity index (χ3v) is 4.59. The van der Waals surface area contributed by atoms with Gasteiger partial charge in [0.25, 0.3) is 0 Å². The van der Waals surface area contributed by atoms with Crippen LogP contribution in [-0.2, 0) is 15.6 Å². The van der Waals surface area contributed by atoms with Crippen molar-refractivity contribution < 1.29 is 9.00 Å². The maximum Gasteiger partial charge on any atom is 0.223 e. The molecule has 3 N–H and O–H groups in total. The van der Waals surface area contributed by atoms with E-state index in [2.05, 4.69) is 5.32 Å². The first-order valence-electron chi connectivity index (χ1n) is 6.83. The van der Waals surface area contributed by atoms with E-state index in [-0.39, 0.29) is 17.9 Å². The first kappa shape index (κ1) is 15.6. The Kier molecular flexibility index (Phi) is 6.86. The summed E-state index contributed by atoms with van der Waals surface area (Å²) in [6.07, 6.45) is 6.54. The van der Waals surface area contributed by atoms with Crippen molar-refractivity contribution in [3.8, 4) is 0 Å². The van der Waals surface area contributed by atoms with Gasteiger partial charge in [0.15, 0.2) is 0 Å². The molecule has 0 aromatic heterocycles. The molecule has 1 amide bonds. The normalized spacial score (nSPS) is 27.5. The second-order valence-electron chi connectivity index (χ2n) is 5.43. The van der Waals surface area contributed by atoms with Crippen molar-refractivity contribution in [1.82, 2.24) is 5.32 Å². The van der Waals surface area contributed by atoms with Crippen molar-refractivity contribution in [2.45, 2.75) is 45.1 Å². The Morgan fingerprint density at radius 1 is 1.39 bits per heavy atom. The lowest BCUT2D eigenvalue weighted by Gasteiger charge is -2.27. The predicted molar refractivity (Wildman–Crippen MR) is 75.7 cm³/mol.